The summed E-state index contributed by atoms with van der Waals surface area (Å²) in [5.41, 5.74) is 0. The van der Waals surface area contributed by atoms with Gasteiger partial charge in [-0.15, -0.1) is 0 Å². The minimum absolute atomic E-state index is 0.0252. The molecule has 0 fully saturated rings. The van der Waals surface area contributed by atoms with E-state index in [2.05, 4.69) is 0 Å². The normalized spacial score (nSPS) is 15.5. The molecule has 2 amide bonds. The molecule has 2 N–H and O–H groups in total. The first-order valence-electron chi connectivity index (χ1n) is 17.4. The van der Waals surface area contributed by atoms with Crippen molar-refractivity contribution in [3.8, 4) is 0 Å². The molecule has 66 heavy (non-hydrogen) atoms. The molecule has 0 rings (SSSR count). The summed E-state index contributed by atoms with van der Waals surface area (Å²) in [7, 11) is 0. The lowest BCUT2D eigenvalue weighted by Crippen LogP contribution is -2.74. The van der Waals surface area contributed by atoms with Crippen LogP contribution in [-0.2, 0) is 9.59 Å². The van der Waals surface area contributed by atoms with E-state index in [1.807, 2.05) is 0 Å². The van der Waals surface area contributed by atoms with Crippen molar-refractivity contribution < 1.29 is 150 Å². The fourth-order valence-corrected chi connectivity index (χ4v) is 4.85. The second-order valence-corrected chi connectivity index (χ2v) is 13.8. The molecule has 0 atom stereocenters. The number of carbonyl (C=O) groups excluding carboxylic acids is 2. The van der Waals surface area contributed by atoms with Crippen LogP contribution in [0.3, 0.4) is 0 Å². The van der Waals surface area contributed by atoms with Gasteiger partial charge < -0.3 is 10.6 Å². The maximum Gasteiger partial charge on any atom is 0.392 e. The van der Waals surface area contributed by atoms with Crippen LogP contribution < -0.4 is 10.6 Å². The van der Waals surface area contributed by atoms with Crippen molar-refractivity contribution in [2.75, 3.05) is 13.1 Å². The van der Waals surface area contributed by atoms with Crippen LogP contribution in [0.4, 0.5) is 140 Å². The third-order valence-electron chi connectivity index (χ3n) is 9.07. The van der Waals surface area contributed by atoms with Crippen LogP contribution in [0.1, 0.15) is 64.2 Å². The summed E-state index contributed by atoms with van der Waals surface area (Å²) in [6.07, 6.45) is -12.8. The summed E-state index contributed by atoms with van der Waals surface area (Å²) in [4.78, 5) is 22.9. The van der Waals surface area contributed by atoms with Gasteiger partial charge in [-0.1, -0.05) is 51.4 Å². The van der Waals surface area contributed by atoms with Crippen molar-refractivity contribution in [1.82, 2.24) is 10.6 Å². The Balaban J connectivity index is 5.05. The molecule has 36 heteroatoms. The van der Waals surface area contributed by atoms with Gasteiger partial charge in [0.05, 0.1) is 0 Å². The first-order chi connectivity index (χ1) is 28.9. The van der Waals surface area contributed by atoms with Crippen LogP contribution in [0.5, 0.6) is 0 Å². The van der Waals surface area contributed by atoms with Gasteiger partial charge in [0.2, 0.25) is 0 Å². The Morgan fingerprint density at radius 1 is 0.273 bits per heavy atom. The van der Waals surface area contributed by atoms with Crippen molar-refractivity contribution in [2.45, 2.75) is 160 Å². The molecule has 0 aromatic heterocycles. The van der Waals surface area contributed by atoms with Gasteiger partial charge in [-0.05, 0) is 12.8 Å². The van der Waals surface area contributed by atoms with E-state index >= 15 is 0 Å². The lowest BCUT2D eigenvalue weighted by atomic mass is 9.89. The van der Waals surface area contributed by atoms with E-state index < -0.39 is 134 Å². The summed E-state index contributed by atoms with van der Waals surface area (Å²) in [6.45, 7) is -2.42. The van der Waals surface area contributed by atoms with Gasteiger partial charge in [0.1, 0.15) is 0 Å². The Bertz CT molecular complexity index is 1490. The molecule has 0 aliphatic carbocycles. The largest absolute Gasteiger partial charge is 0.392 e. The highest BCUT2D eigenvalue weighted by Gasteiger charge is 2.96. The van der Waals surface area contributed by atoms with Crippen LogP contribution in [0, 0.1) is 0 Å². The lowest BCUT2D eigenvalue weighted by molar-refractivity contribution is -0.443. The standard InChI is InChI=1S/C30H28F32N2O2/c31-13(32)17(35,36)21(43,44)25(51,52)29(59,60)27(55,56)23(47,48)19(39,40)15(65)63-11-9-7-5-3-1-2-4-6-8-10-12-64-16(66)20(41,42)24(49,50)28(57,58)30(61,62)26(53,54)22(45,46)18(37,38)14(33)34/h13-14H,1-12H2,(H,63,65)(H,64,66). The van der Waals surface area contributed by atoms with E-state index in [4.69, 9.17) is 0 Å². The van der Waals surface area contributed by atoms with E-state index in [1.165, 1.54) is 0 Å². The number of hydrogen-bond acceptors (Lipinski definition) is 2. The minimum Gasteiger partial charge on any atom is -0.351 e. The van der Waals surface area contributed by atoms with Crippen LogP contribution in [-0.4, -0.2) is 121 Å². The molecular weight excluding hydrogens is 1030 g/mol. The number of halogens is 32. The highest BCUT2D eigenvalue weighted by atomic mass is 19.4. The summed E-state index contributed by atoms with van der Waals surface area (Å²) >= 11 is 0. The van der Waals surface area contributed by atoms with Gasteiger partial charge in [-0.2, -0.15) is 123 Å². The zero-order valence-corrected chi connectivity index (χ0v) is 31.6. The zero-order valence-electron chi connectivity index (χ0n) is 31.6. The second kappa shape index (κ2) is 20.0. The van der Waals surface area contributed by atoms with E-state index in [-0.39, 0.29) is 51.4 Å². The molecule has 394 valence electrons. The molecule has 0 radical (unpaired) electrons. The Morgan fingerprint density at radius 2 is 0.439 bits per heavy atom. The monoisotopic (exact) mass is 1060 g/mol. The van der Waals surface area contributed by atoms with Crippen LogP contribution in [0.2, 0.25) is 0 Å². The van der Waals surface area contributed by atoms with Gasteiger partial charge in [-0.25, -0.2) is 17.6 Å². The summed E-state index contributed by atoms with van der Waals surface area (Å²) in [6, 6.07) is 0. The number of alkyl halides is 32. The minimum atomic E-state index is -8.69. The predicted molar refractivity (Wildman–Crippen MR) is 153 cm³/mol. The van der Waals surface area contributed by atoms with Crippen LogP contribution in [0.25, 0.3) is 0 Å². The molecule has 4 nitrogen and oxygen atoms in total. The first kappa shape index (κ1) is 62.7. The van der Waals surface area contributed by atoms with Crippen molar-refractivity contribution in [3.05, 3.63) is 0 Å². The quantitative estimate of drug-likeness (QED) is 0.0579. The van der Waals surface area contributed by atoms with E-state index in [1.54, 1.807) is 0 Å². The van der Waals surface area contributed by atoms with Crippen molar-refractivity contribution in [1.29, 1.82) is 0 Å². The Kier molecular flexibility index (Phi) is 19.0. The van der Waals surface area contributed by atoms with E-state index in [0.29, 0.717) is 0 Å². The van der Waals surface area contributed by atoms with Crippen molar-refractivity contribution in [3.63, 3.8) is 0 Å². The molecule has 0 aromatic rings. The van der Waals surface area contributed by atoms with Gasteiger partial charge in [0.15, 0.2) is 0 Å². The first-order valence-corrected chi connectivity index (χ1v) is 17.4. The Labute approximate surface area is 346 Å². The fraction of sp³-hybridized carbons (Fsp3) is 0.933. The van der Waals surface area contributed by atoms with E-state index in [9.17, 15) is 150 Å². The highest BCUT2D eigenvalue weighted by Crippen LogP contribution is 2.64. The van der Waals surface area contributed by atoms with Gasteiger partial charge in [0, 0.05) is 13.1 Å². The molecule has 0 spiro atoms. The lowest BCUT2D eigenvalue weighted by Gasteiger charge is -2.42. The summed E-state index contributed by atoms with van der Waals surface area (Å²) in [5, 5.41) is 1.57. The number of hydrogen-bond donors (Lipinski definition) is 2. The molecule has 0 heterocycles. The molecule has 0 saturated carbocycles. The molecule has 0 saturated heterocycles. The SMILES string of the molecule is O=C(NCCCCCCCCCCCCNC(=O)C(F)(F)C(F)(F)C(F)(F)C(F)(F)C(F)(F)C(F)(F)C(F)(F)C(F)F)C(F)(F)C(F)(F)C(F)(F)C(F)(F)C(F)(F)C(F)(F)C(F)(F)C(F)F. The topological polar surface area (TPSA) is 58.2 Å². The van der Waals surface area contributed by atoms with Gasteiger partial charge >= 0.3 is 95.8 Å². The Morgan fingerprint density at radius 3 is 0.636 bits per heavy atom. The number of amides is 2. The average Bonchev–Trinajstić information content (AvgIpc) is 3.16. The van der Waals surface area contributed by atoms with Gasteiger partial charge in [0.25, 0.3) is 11.8 Å². The van der Waals surface area contributed by atoms with Gasteiger partial charge in [-0.3, -0.25) is 9.59 Å². The average molecular weight is 1060 g/mol. The molecule has 0 aromatic carbocycles. The van der Waals surface area contributed by atoms with Crippen molar-refractivity contribution in [2.24, 2.45) is 0 Å². The molecule has 0 bridgehead atoms. The molecule has 0 aliphatic heterocycles. The maximum absolute atomic E-state index is 13.9. The predicted octanol–water partition coefficient (Wildman–Crippen LogP) is 12.5. The van der Waals surface area contributed by atoms with Crippen LogP contribution in [0.15, 0.2) is 0 Å². The molecule has 0 aliphatic rings. The second-order valence-electron chi connectivity index (χ2n) is 13.8. The summed E-state index contributed by atoms with van der Waals surface area (Å²) in [5.74, 6) is -122. The Hall–Kier alpha value is -3.30. The highest BCUT2D eigenvalue weighted by molar-refractivity contribution is 5.85. The smallest absolute Gasteiger partial charge is 0.351 e. The number of unbranched alkanes of at least 4 members (excludes halogenated alkanes) is 9. The third-order valence-corrected chi connectivity index (χ3v) is 9.07. The molecular formula is C30H28F32N2O2. The third kappa shape index (κ3) is 10.2. The number of rotatable bonds is 29. The van der Waals surface area contributed by atoms with E-state index in [0.717, 1.165) is 10.6 Å². The number of nitrogens with one attached hydrogen (secondary N) is 2. The zero-order chi connectivity index (χ0) is 53.2. The maximum atomic E-state index is 13.9. The summed E-state index contributed by atoms with van der Waals surface area (Å²) < 4.78 is 429. The fourth-order valence-electron chi connectivity index (χ4n) is 4.85. The molecule has 0 unspecified atom stereocenters. The number of carbonyl (C=O) groups is 2. The van der Waals surface area contributed by atoms with Crippen molar-refractivity contribution >= 4 is 11.8 Å². The van der Waals surface area contributed by atoms with Crippen LogP contribution >= 0.6 is 0 Å².